The average molecular weight is 942 g/mol. The van der Waals surface area contributed by atoms with Crippen molar-refractivity contribution in [3.05, 3.63) is 65.7 Å². The first kappa shape index (κ1) is 50.3. The molecule has 0 aromatic heterocycles. The lowest BCUT2D eigenvalue weighted by molar-refractivity contribution is -0.282. The molecule has 0 spiro atoms. The number of nitrogens with zero attached hydrogens (tertiary/aromatic N) is 3. The molecule has 0 radical (unpaired) electrons. The van der Waals surface area contributed by atoms with Gasteiger partial charge < -0.3 is 57.7 Å². The van der Waals surface area contributed by atoms with Crippen molar-refractivity contribution in [1.82, 2.24) is 9.80 Å². The molecule has 21 heteroatoms. The predicted octanol–water partition coefficient (Wildman–Crippen LogP) is 4.92. The molecule has 3 amide bonds. The third-order valence-corrected chi connectivity index (χ3v) is 11.0. The van der Waals surface area contributed by atoms with Crippen molar-refractivity contribution in [2.24, 2.45) is 0 Å². The number of fused-ring (bicyclic) bond motifs is 3. The number of anilines is 1. The van der Waals surface area contributed by atoms with Crippen LogP contribution in [0.15, 0.2) is 54.6 Å². The van der Waals surface area contributed by atoms with E-state index in [4.69, 9.17) is 54.6 Å². The molecule has 356 valence electrons. The fourth-order valence-electron chi connectivity index (χ4n) is 7.45. The Morgan fingerprint density at radius 1 is 0.818 bits per heavy atom. The van der Waals surface area contributed by atoms with Crippen LogP contribution in [-0.2, 0) is 63.8 Å². The second-order valence-corrected chi connectivity index (χ2v) is 16.3. The summed E-state index contributed by atoms with van der Waals surface area (Å²) in [5, 5.41) is 10.1. The van der Waals surface area contributed by atoms with E-state index in [1.165, 1.54) is 36.0 Å². The van der Waals surface area contributed by atoms with E-state index < -0.39 is 72.7 Å². The summed E-state index contributed by atoms with van der Waals surface area (Å²) in [4.78, 5) is 104. The number of carbonyl (C=O) groups excluding carboxylic acids is 7. The van der Waals surface area contributed by atoms with Crippen molar-refractivity contribution in [3.63, 3.8) is 0 Å². The zero-order valence-electron chi connectivity index (χ0n) is 37.4. The fourth-order valence-corrected chi connectivity index (χ4v) is 7.66. The molecule has 5 rings (SSSR count). The van der Waals surface area contributed by atoms with Crippen molar-refractivity contribution >= 4 is 76.0 Å². The van der Waals surface area contributed by atoms with E-state index in [9.17, 15) is 38.4 Å². The van der Waals surface area contributed by atoms with Crippen molar-refractivity contribution < 1.29 is 81.4 Å². The molecule has 7 atom stereocenters. The third kappa shape index (κ3) is 12.6. The van der Waals surface area contributed by atoms with Crippen LogP contribution in [0.1, 0.15) is 64.0 Å². The van der Waals surface area contributed by atoms with Crippen LogP contribution in [0, 0.1) is 0 Å². The molecule has 1 saturated heterocycles. The van der Waals surface area contributed by atoms with E-state index in [1.54, 1.807) is 35.2 Å². The Hall–Kier alpha value is -6.67. The lowest BCUT2D eigenvalue weighted by atomic mass is 9.92. The lowest BCUT2D eigenvalue weighted by Crippen LogP contribution is -2.64. The molecule has 0 saturated carbocycles. The van der Waals surface area contributed by atoms with Crippen LogP contribution in [-0.4, -0.2) is 140 Å². The summed E-state index contributed by atoms with van der Waals surface area (Å²) in [5.74, 6) is -4.65. The Labute approximate surface area is 384 Å². The summed E-state index contributed by atoms with van der Waals surface area (Å²) in [6, 6.07) is 15.0. The maximum atomic E-state index is 13.4. The van der Waals surface area contributed by atoms with E-state index >= 15 is 0 Å². The number of ether oxygens (including phenoxy) is 8. The van der Waals surface area contributed by atoms with E-state index in [0.717, 1.165) is 38.8 Å². The van der Waals surface area contributed by atoms with E-state index in [1.807, 2.05) is 19.1 Å². The number of esters is 4. The first-order chi connectivity index (χ1) is 31.3. The minimum atomic E-state index is -1.64. The number of hydrogen-bond donors (Lipinski definition) is 1. The molecular formula is C45H52ClN3O17. The molecule has 1 fully saturated rings. The van der Waals surface area contributed by atoms with Gasteiger partial charge in [0.05, 0.1) is 12.8 Å². The number of methoxy groups -OCH3 is 1. The smallest absolute Gasteiger partial charge is 0.415 e. The van der Waals surface area contributed by atoms with Gasteiger partial charge in [-0.25, -0.2) is 14.4 Å². The number of carbonyl (C=O) groups is 8. The Kier molecular flexibility index (Phi) is 17.2. The van der Waals surface area contributed by atoms with Gasteiger partial charge in [-0.1, -0.05) is 36.4 Å². The van der Waals surface area contributed by atoms with Gasteiger partial charge in [0.25, 0.3) is 0 Å². The summed E-state index contributed by atoms with van der Waals surface area (Å²) >= 11 is 6.63. The number of aliphatic carboxylic acids is 1. The fraction of sp³-hybridized carbons (Fsp3) is 0.467. The highest BCUT2D eigenvalue weighted by atomic mass is 35.5. The number of likely N-dealkylation sites (N-methyl/N-ethyl adjacent to an activating group) is 2. The number of amides is 3. The molecule has 2 heterocycles. The van der Waals surface area contributed by atoms with E-state index in [2.05, 4.69) is 0 Å². The zero-order valence-corrected chi connectivity index (χ0v) is 38.1. The standard InChI is InChI=1S/C45H52ClN3O17/c1-24(46)32-22-49(35(53)13-10-14-36(54)55)33-21-34(30-11-8-9-12-31(30)37(32)33)65-45(58)48(6)20-19-47(5)44(57)60-23-28-15-17-29(18-16-28)64-43-41(63-27(4)52)39(62-26(3)51)38(61-25(2)50)40(66-43)42(56)59-7/h8-9,11-12,15-18,21,24,32,38-41,43H,10,13-14,19-20,22-23H2,1-7H3,(H,54,55)/t24-,32+,38+,39+,40+,41-,43-/m1/s1. The lowest BCUT2D eigenvalue weighted by Gasteiger charge is -2.43. The number of carboxylic acids is 1. The zero-order chi connectivity index (χ0) is 48.4. The van der Waals surface area contributed by atoms with Gasteiger partial charge >= 0.3 is 42.0 Å². The number of benzene rings is 3. The Morgan fingerprint density at radius 3 is 2.00 bits per heavy atom. The first-order valence-electron chi connectivity index (χ1n) is 20.8. The third-order valence-electron chi connectivity index (χ3n) is 10.7. The highest BCUT2D eigenvalue weighted by Gasteiger charge is 2.56. The quantitative estimate of drug-likeness (QED) is 0.107. The van der Waals surface area contributed by atoms with Crippen LogP contribution in [0.4, 0.5) is 15.3 Å². The van der Waals surface area contributed by atoms with Gasteiger partial charge in [-0.15, -0.1) is 11.6 Å². The van der Waals surface area contributed by atoms with Crippen LogP contribution < -0.4 is 14.4 Å². The maximum absolute atomic E-state index is 13.4. The van der Waals surface area contributed by atoms with Gasteiger partial charge in [-0.3, -0.25) is 24.0 Å². The molecule has 0 aliphatic carbocycles. The number of rotatable bonds is 17. The van der Waals surface area contributed by atoms with Crippen molar-refractivity contribution in [1.29, 1.82) is 0 Å². The highest BCUT2D eigenvalue weighted by molar-refractivity contribution is 6.21. The molecular weight excluding hydrogens is 890 g/mol. The maximum Gasteiger partial charge on any atom is 0.415 e. The largest absolute Gasteiger partial charge is 0.481 e. The Morgan fingerprint density at radius 2 is 1.41 bits per heavy atom. The van der Waals surface area contributed by atoms with Crippen molar-refractivity contribution in [3.8, 4) is 11.5 Å². The number of carboxylic acid groups (broad SMARTS) is 1. The predicted molar refractivity (Wildman–Crippen MR) is 232 cm³/mol. The van der Waals surface area contributed by atoms with Crippen molar-refractivity contribution in [2.75, 3.05) is 45.7 Å². The molecule has 3 aromatic carbocycles. The van der Waals surface area contributed by atoms with Gasteiger partial charge in [-0.2, -0.15) is 0 Å². The van der Waals surface area contributed by atoms with Gasteiger partial charge in [0.1, 0.15) is 18.1 Å². The van der Waals surface area contributed by atoms with Crippen LogP contribution in [0.3, 0.4) is 0 Å². The van der Waals surface area contributed by atoms with Crippen LogP contribution in [0.5, 0.6) is 11.5 Å². The van der Waals surface area contributed by atoms with E-state index in [0.29, 0.717) is 16.6 Å². The molecule has 66 heavy (non-hydrogen) atoms. The van der Waals surface area contributed by atoms with Gasteiger partial charge in [0, 0.05) is 90.1 Å². The minimum absolute atomic E-state index is 0.0130. The SMILES string of the molecule is COC(=O)[C@H]1O[C@@H](Oc2ccc(COC(=O)N(C)CCN(C)C(=O)Oc3cc4c(c5ccccc35)[C@H]([C@@H](C)Cl)CN4C(=O)CCCC(=O)O)cc2)[C@H](OC(C)=O)[C@@H](OC(C)=O)[C@@H]1OC(C)=O. The summed E-state index contributed by atoms with van der Waals surface area (Å²) < 4.78 is 43.9. The normalized spacial score (nSPS) is 20.2. The van der Waals surface area contributed by atoms with Gasteiger partial charge in [-0.05, 0) is 42.0 Å². The van der Waals surface area contributed by atoms with Crippen LogP contribution in [0.25, 0.3) is 10.8 Å². The molecule has 3 aromatic rings. The Balaban J connectivity index is 1.19. The minimum Gasteiger partial charge on any atom is -0.481 e. The van der Waals surface area contributed by atoms with Crippen LogP contribution in [0.2, 0.25) is 0 Å². The highest BCUT2D eigenvalue weighted by Crippen LogP contribution is 2.47. The number of halogens is 1. The van der Waals surface area contributed by atoms with Crippen molar-refractivity contribution in [2.45, 2.75) is 95.6 Å². The van der Waals surface area contributed by atoms with Crippen LogP contribution >= 0.6 is 11.6 Å². The van der Waals surface area contributed by atoms with Gasteiger partial charge in [0.2, 0.25) is 18.3 Å². The Bertz CT molecular complexity index is 2310. The number of alkyl halides is 1. The average Bonchev–Trinajstić information content (AvgIpc) is 3.66. The topological polar surface area (TPSA) is 240 Å². The molecule has 2 aliphatic heterocycles. The molecule has 2 aliphatic rings. The molecule has 0 unspecified atom stereocenters. The molecule has 0 bridgehead atoms. The van der Waals surface area contributed by atoms with Gasteiger partial charge in [0.15, 0.2) is 18.3 Å². The number of hydrogen-bond acceptors (Lipinski definition) is 16. The monoisotopic (exact) mass is 941 g/mol. The summed E-state index contributed by atoms with van der Waals surface area (Å²) in [7, 11) is 4.06. The summed E-state index contributed by atoms with van der Waals surface area (Å²) in [6.45, 7) is 5.28. The molecule has 1 N–H and O–H groups in total. The molecule has 20 nitrogen and oxygen atoms in total. The second kappa shape index (κ2) is 22.5. The van der Waals surface area contributed by atoms with E-state index in [-0.39, 0.29) is 74.2 Å². The first-order valence-corrected chi connectivity index (χ1v) is 21.3. The summed E-state index contributed by atoms with van der Waals surface area (Å²) in [6.07, 6.45) is -9.21. The summed E-state index contributed by atoms with van der Waals surface area (Å²) in [5.41, 5.74) is 1.90. The second-order valence-electron chi connectivity index (χ2n) is 15.6.